The van der Waals surface area contributed by atoms with Gasteiger partial charge in [-0.15, -0.1) is 0 Å². The summed E-state index contributed by atoms with van der Waals surface area (Å²) >= 11 is 0. The average molecular weight is 318 g/mol. The highest BCUT2D eigenvalue weighted by atomic mass is 32.2. The number of hydrogen-bond donors (Lipinski definition) is 2. The van der Waals surface area contributed by atoms with Crippen molar-refractivity contribution in [2.24, 2.45) is 0 Å². The Morgan fingerprint density at radius 1 is 1.48 bits per heavy atom. The zero-order chi connectivity index (χ0) is 15.7. The van der Waals surface area contributed by atoms with Crippen LogP contribution in [0.5, 0.6) is 5.75 Å². The summed E-state index contributed by atoms with van der Waals surface area (Å²) in [4.78, 5) is -0.231. The quantitative estimate of drug-likeness (QED) is 0.816. The first-order valence-corrected chi connectivity index (χ1v) is 8.00. The first kappa shape index (κ1) is 16.0. The third-order valence-corrected chi connectivity index (χ3v) is 5.00. The minimum Gasteiger partial charge on any atom is -0.492 e. The molecule has 6 nitrogen and oxygen atoms in total. The Balaban J connectivity index is 2.31. The summed E-state index contributed by atoms with van der Waals surface area (Å²) in [6.45, 7) is 2.65. The second-order valence-corrected chi connectivity index (χ2v) is 7.03. The van der Waals surface area contributed by atoms with Crippen LogP contribution in [0.25, 0.3) is 0 Å². The molecule has 0 saturated carbocycles. The highest BCUT2D eigenvalue weighted by Gasteiger charge is 2.33. The monoisotopic (exact) mass is 318 g/mol. The van der Waals surface area contributed by atoms with Crippen molar-refractivity contribution in [3.05, 3.63) is 17.9 Å². The molecule has 0 spiro atoms. The summed E-state index contributed by atoms with van der Waals surface area (Å²) in [6, 6.07) is 2.07. The number of methoxy groups -OCH3 is 1. The zero-order valence-corrected chi connectivity index (χ0v) is 12.8. The van der Waals surface area contributed by atoms with Crippen LogP contribution in [-0.2, 0) is 14.8 Å². The van der Waals surface area contributed by atoms with E-state index in [1.807, 2.05) is 0 Å². The molecule has 0 aromatic heterocycles. The molecule has 1 atom stereocenters. The van der Waals surface area contributed by atoms with Crippen molar-refractivity contribution in [1.82, 2.24) is 4.72 Å². The molecule has 118 valence electrons. The minimum atomic E-state index is -3.89. The SMILES string of the molecule is COc1c(N)cc(S(=O)(=O)NC2(C)CCCOC2)cc1F. The van der Waals surface area contributed by atoms with Gasteiger partial charge in [0.25, 0.3) is 0 Å². The molecule has 0 radical (unpaired) electrons. The van der Waals surface area contributed by atoms with E-state index < -0.39 is 21.4 Å². The van der Waals surface area contributed by atoms with E-state index in [1.165, 1.54) is 13.2 Å². The second-order valence-electron chi connectivity index (χ2n) is 5.35. The summed E-state index contributed by atoms with van der Waals surface area (Å²) in [5.41, 5.74) is 4.84. The first-order valence-electron chi connectivity index (χ1n) is 6.52. The highest BCUT2D eigenvalue weighted by Crippen LogP contribution is 2.29. The molecule has 1 aromatic carbocycles. The average Bonchev–Trinajstić information content (AvgIpc) is 2.37. The predicted molar refractivity (Wildman–Crippen MR) is 76.1 cm³/mol. The van der Waals surface area contributed by atoms with Crippen molar-refractivity contribution in [3.8, 4) is 5.75 Å². The molecule has 1 saturated heterocycles. The van der Waals surface area contributed by atoms with Crippen LogP contribution < -0.4 is 15.2 Å². The van der Waals surface area contributed by atoms with Gasteiger partial charge in [0.1, 0.15) is 0 Å². The fourth-order valence-electron chi connectivity index (χ4n) is 2.36. The molecule has 21 heavy (non-hydrogen) atoms. The van der Waals surface area contributed by atoms with E-state index in [0.717, 1.165) is 12.5 Å². The van der Waals surface area contributed by atoms with Crippen LogP contribution in [0.2, 0.25) is 0 Å². The number of sulfonamides is 1. The molecule has 0 amide bonds. The standard InChI is InChI=1S/C13H19FN2O4S/c1-13(4-3-5-20-8-13)16-21(17,18)9-6-10(14)12(19-2)11(15)7-9/h6-7,16H,3-5,8,15H2,1-2H3. The maximum Gasteiger partial charge on any atom is 0.241 e. The van der Waals surface area contributed by atoms with Crippen molar-refractivity contribution in [1.29, 1.82) is 0 Å². The molecule has 3 N–H and O–H groups in total. The summed E-state index contributed by atoms with van der Waals surface area (Å²) in [5, 5.41) is 0. The fourth-order valence-corrected chi connectivity index (χ4v) is 3.83. The smallest absolute Gasteiger partial charge is 0.241 e. The van der Waals surface area contributed by atoms with Gasteiger partial charge in [-0.1, -0.05) is 0 Å². The molecule has 1 aromatic rings. The molecule has 1 fully saturated rings. The lowest BCUT2D eigenvalue weighted by molar-refractivity contribution is 0.0386. The fraction of sp³-hybridized carbons (Fsp3) is 0.538. The predicted octanol–water partition coefficient (Wildman–Crippen LogP) is 1.26. The topological polar surface area (TPSA) is 90.7 Å². The van der Waals surface area contributed by atoms with E-state index >= 15 is 0 Å². The van der Waals surface area contributed by atoms with E-state index in [9.17, 15) is 12.8 Å². The van der Waals surface area contributed by atoms with Gasteiger partial charge in [-0.05, 0) is 31.9 Å². The molecular weight excluding hydrogens is 299 g/mol. The van der Waals surface area contributed by atoms with Crippen molar-refractivity contribution in [3.63, 3.8) is 0 Å². The van der Waals surface area contributed by atoms with Gasteiger partial charge in [-0.25, -0.2) is 17.5 Å². The van der Waals surface area contributed by atoms with E-state index in [2.05, 4.69) is 4.72 Å². The maximum absolute atomic E-state index is 13.8. The number of rotatable bonds is 4. The Labute approximate surface area is 123 Å². The first-order chi connectivity index (χ1) is 9.77. The van der Waals surface area contributed by atoms with Crippen LogP contribution in [0.4, 0.5) is 10.1 Å². The summed E-state index contributed by atoms with van der Waals surface area (Å²) in [7, 11) is -2.63. The molecule has 1 aliphatic heterocycles. The van der Waals surface area contributed by atoms with Crippen LogP contribution in [-0.4, -0.2) is 34.3 Å². The number of nitrogens with one attached hydrogen (secondary N) is 1. The number of nitrogen functional groups attached to an aromatic ring is 1. The van der Waals surface area contributed by atoms with Gasteiger partial charge in [0.15, 0.2) is 11.6 Å². The largest absolute Gasteiger partial charge is 0.492 e. The Kier molecular flexibility index (Phi) is 4.40. The van der Waals surface area contributed by atoms with Gasteiger partial charge < -0.3 is 15.2 Å². The van der Waals surface area contributed by atoms with E-state index in [-0.39, 0.29) is 22.9 Å². The number of ether oxygens (including phenoxy) is 2. The zero-order valence-electron chi connectivity index (χ0n) is 12.0. The number of nitrogens with two attached hydrogens (primary N) is 1. The Hall–Kier alpha value is -1.38. The van der Waals surface area contributed by atoms with Gasteiger partial charge in [-0.2, -0.15) is 0 Å². The molecule has 1 heterocycles. The maximum atomic E-state index is 13.8. The Morgan fingerprint density at radius 3 is 2.71 bits per heavy atom. The highest BCUT2D eigenvalue weighted by molar-refractivity contribution is 7.89. The summed E-state index contributed by atoms with van der Waals surface area (Å²) in [5.74, 6) is -0.982. The summed E-state index contributed by atoms with van der Waals surface area (Å²) < 4.78 is 51.2. The van der Waals surface area contributed by atoms with E-state index in [4.69, 9.17) is 15.2 Å². The van der Waals surface area contributed by atoms with E-state index in [0.29, 0.717) is 13.0 Å². The van der Waals surface area contributed by atoms with Gasteiger partial charge >= 0.3 is 0 Å². The Morgan fingerprint density at radius 2 is 2.19 bits per heavy atom. The van der Waals surface area contributed by atoms with Crippen LogP contribution in [0.3, 0.4) is 0 Å². The van der Waals surface area contributed by atoms with Gasteiger partial charge in [0.05, 0.1) is 29.8 Å². The molecule has 0 bridgehead atoms. The third-order valence-electron chi connectivity index (χ3n) is 3.38. The number of halogens is 1. The van der Waals surface area contributed by atoms with E-state index in [1.54, 1.807) is 6.92 Å². The van der Waals surface area contributed by atoms with Crippen molar-refractivity contribution >= 4 is 15.7 Å². The lowest BCUT2D eigenvalue weighted by atomic mass is 9.97. The van der Waals surface area contributed by atoms with Gasteiger partial charge in [0.2, 0.25) is 10.0 Å². The number of benzene rings is 1. The van der Waals surface area contributed by atoms with Crippen LogP contribution >= 0.6 is 0 Å². The molecule has 1 unspecified atom stereocenters. The molecule has 0 aliphatic carbocycles. The Bertz CT molecular complexity index is 604. The molecule has 8 heteroatoms. The molecular formula is C13H19FN2O4S. The van der Waals surface area contributed by atoms with Crippen molar-refractivity contribution in [2.75, 3.05) is 26.1 Å². The molecule has 1 aliphatic rings. The molecule has 2 rings (SSSR count). The minimum absolute atomic E-state index is 0.0667. The van der Waals surface area contributed by atoms with Crippen LogP contribution in [0.1, 0.15) is 19.8 Å². The van der Waals surface area contributed by atoms with Gasteiger partial charge in [-0.3, -0.25) is 0 Å². The van der Waals surface area contributed by atoms with Crippen molar-refractivity contribution < 1.29 is 22.3 Å². The lowest BCUT2D eigenvalue weighted by Crippen LogP contribution is -2.51. The van der Waals surface area contributed by atoms with Crippen LogP contribution in [0, 0.1) is 5.82 Å². The number of hydrogen-bond acceptors (Lipinski definition) is 5. The van der Waals surface area contributed by atoms with Crippen molar-refractivity contribution in [2.45, 2.75) is 30.2 Å². The van der Waals surface area contributed by atoms with Crippen LogP contribution in [0.15, 0.2) is 17.0 Å². The summed E-state index contributed by atoms with van der Waals surface area (Å²) in [6.07, 6.45) is 1.42. The number of anilines is 1. The lowest BCUT2D eigenvalue weighted by Gasteiger charge is -2.33. The second kappa shape index (κ2) is 5.78. The normalized spacial score (nSPS) is 23.0. The third kappa shape index (κ3) is 3.45. The van der Waals surface area contributed by atoms with Gasteiger partial charge in [0, 0.05) is 6.61 Å².